The molecule has 6 nitrogen and oxygen atoms in total. The molecule has 0 unspecified atom stereocenters. The summed E-state index contributed by atoms with van der Waals surface area (Å²) >= 11 is 0. The molecule has 30 heavy (non-hydrogen) atoms. The summed E-state index contributed by atoms with van der Waals surface area (Å²) in [5.41, 5.74) is 1.09. The molecule has 1 heterocycles. The molecule has 3 aromatic rings. The van der Waals surface area contributed by atoms with Crippen molar-refractivity contribution < 1.29 is 22.0 Å². The number of sulfonamides is 1. The van der Waals surface area contributed by atoms with Crippen molar-refractivity contribution in [3.63, 3.8) is 0 Å². The fourth-order valence-electron chi connectivity index (χ4n) is 2.98. The molecular weight excluding hydrogens is 407 g/mol. The van der Waals surface area contributed by atoms with Gasteiger partial charge in [-0.15, -0.1) is 0 Å². The maximum Gasteiger partial charge on any atom is 0.251 e. The molecule has 8 heteroatoms. The number of furan rings is 1. The molecular formula is C22H23FN2O4S. The molecule has 0 aliphatic rings. The third kappa shape index (κ3) is 5.70. The van der Waals surface area contributed by atoms with Gasteiger partial charge in [0.05, 0.1) is 24.8 Å². The monoisotopic (exact) mass is 430 g/mol. The van der Waals surface area contributed by atoms with Crippen molar-refractivity contribution in [3.8, 4) is 0 Å². The van der Waals surface area contributed by atoms with Crippen molar-refractivity contribution in [2.75, 3.05) is 17.1 Å². The normalized spacial score (nSPS) is 11.3. The van der Waals surface area contributed by atoms with E-state index in [2.05, 4.69) is 5.32 Å². The van der Waals surface area contributed by atoms with E-state index in [1.54, 1.807) is 36.6 Å². The van der Waals surface area contributed by atoms with Gasteiger partial charge in [0.1, 0.15) is 11.6 Å². The van der Waals surface area contributed by atoms with Crippen LogP contribution in [0, 0.1) is 5.82 Å². The Morgan fingerprint density at radius 2 is 1.80 bits per heavy atom. The van der Waals surface area contributed by atoms with Gasteiger partial charge in [0.2, 0.25) is 10.0 Å². The van der Waals surface area contributed by atoms with E-state index in [1.165, 1.54) is 18.2 Å². The molecule has 0 fully saturated rings. The van der Waals surface area contributed by atoms with Crippen LogP contribution in [0.3, 0.4) is 0 Å². The number of carbonyl (C=O) groups is 1. The Balaban J connectivity index is 1.61. The minimum absolute atomic E-state index is 0.0154. The topological polar surface area (TPSA) is 79.6 Å². The van der Waals surface area contributed by atoms with Crippen LogP contribution in [-0.4, -0.2) is 27.1 Å². The quantitative estimate of drug-likeness (QED) is 0.525. The molecule has 1 aromatic heterocycles. The maximum absolute atomic E-state index is 14.1. The minimum Gasteiger partial charge on any atom is -0.469 e. The molecule has 3 rings (SSSR count). The van der Waals surface area contributed by atoms with E-state index in [1.807, 2.05) is 12.1 Å². The summed E-state index contributed by atoms with van der Waals surface area (Å²) in [5.74, 6) is 0.0439. The smallest absolute Gasteiger partial charge is 0.251 e. The fourth-order valence-corrected chi connectivity index (χ4v) is 3.87. The Bertz CT molecular complexity index is 1080. The zero-order chi connectivity index (χ0) is 21.6. The predicted molar refractivity (Wildman–Crippen MR) is 113 cm³/mol. The number of amides is 1. The maximum atomic E-state index is 14.1. The van der Waals surface area contributed by atoms with Crippen molar-refractivity contribution in [2.24, 2.45) is 0 Å². The number of para-hydroxylation sites is 1. The summed E-state index contributed by atoms with van der Waals surface area (Å²) in [4.78, 5) is 12.3. The van der Waals surface area contributed by atoms with E-state index < -0.39 is 15.8 Å². The van der Waals surface area contributed by atoms with Crippen LogP contribution in [0.5, 0.6) is 0 Å². The first-order chi connectivity index (χ1) is 14.3. The Morgan fingerprint density at radius 3 is 2.43 bits per heavy atom. The average molecular weight is 431 g/mol. The van der Waals surface area contributed by atoms with Crippen LogP contribution in [0.4, 0.5) is 10.1 Å². The number of benzene rings is 2. The van der Waals surface area contributed by atoms with Crippen LogP contribution >= 0.6 is 0 Å². The Morgan fingerprint density at radius 1 is 1.07 bits per heavy atom. The SMILES string of the molecule is CS(=O)(=O)N(Cc1ccc(C(=O)NCCCc2ccco2)cc1)c1ccccc1F. The summed E-state index contributed by atoms with van der Waals surface area (Å²) in [7, 11) is -3.69. The van der Waals surface area contributed by atoms with E-state index >= 15 is 0 Å². The fraction of sp³-hybridized carbons (Fsp3) is 0.227. The van der Waals surface area contributed by atoms with E-state index in [0.29, 0.717) is 17.7 Å². The highest BCUT2D eigenvalue weighted by molar-refractivity contribution is 7.92. The summed E-state index contributed by atoms with van der Waals surface area (Å²) in [6, 6.07) is 16.0. The van der Waals surface area contributed by atoms with Crippen molar-refractivity contribution in [1.29, 1.82) is 0 Å². The van der Waals surface area contributed by atoms with Crippen molar-refractivity contribution >= 4 is 21.6 Å². The molecule has 0 bridgehead atoms. The zero-order valence-corrected chi connectivity index (χ0v) is 17.4. The largest absolute Gasteiger partial charge is 0.469 e. The third-order valence-corrected chi connectivity index (χ3v) is 5.66. The lowest BCUT2D eigenvalue weighted by atomic mass is 10.1. The van der Waals surface area contributed by atoms with E-state index in [-0.39, 0.29) is 18.1 Å². The van der Waals surface area contributed by atoms with Crippen LogP contribution in [-0.2, 0) is 23.0 Å². The predicted octanol–water partition coefficient (Wildman–Crippen LogP) is 3.75. The van der Waals surface area contributed by atoms with E-state index in [9.17, 15) is 17.6 Å². The lowest BCUT2D eigenvalue weighted by Crippen LogP contribution is -2.30. The molecule has 0 saturated heterocycles. The first-order valence-corrected chi connectivity index (χ1v) is 11.3. The number of halogens is 1. The molecule has 1 amide bonds. The van der Waals surface area contributed by atoms with Crippen molar-refractivity contribution in [1.82, 2.24) is 5.32 Å². The first-order valence-electron chi connectivity index (χ1n) is 9.46. The van der Waals surface area contributed by atoms with E-state index in [4.69, 9.17) is 4.42 Å². The second-order valence-corrected chi connectivity index (χ2v) is 8.76. The Hall–Kier alpha value is -3.13. The summed E-state index contributed by atoms with van der Waals surface area (Å²) in [5, 5.41) is 2.84. The number of nitrogens with zero attached hydrogens (tertiary/aromatic N) is 1. The number of anilines is 1. The summed E-state index contributed by atoms with van der Waals surface area (Å²) in [6.07, 6.45) is 4.14. The molecule has 0 saturated carbocycles. The van der Waals surface area contributed by atoms with Gasteiger partial charge in [-0.05, 0) is 48.4 Å². The lowest BCUT2D eigenvalue weighted by molar-refractivity contribution is 0.0953. The highest BCUT2D eigenvalue weighted by Crippen LogP contribution is 2.23. The van der Waals surface area contributed by atoms with Crippen molar-refractivity contribution in [2.45, 2.75) is 19.4 Å². The van der Waals surface area contributed by atoms with Gasteiger partial charge in [-0.2, -0.15) is 0 Å². The van der Waals surface area contributed by atoms with Crippen LogP contribution in [0.15, 0.2) is 71.3 Å². The minimum atomic E-state index is -3.69. The highest BCUT2D eigenvalue weighted by Gasteiger charge is 2.21. The van der Waals surface area contributed by atoms with Gasteiger partial charge in [-0.1, -0.05) is 24.3 Å². The van der Waals surface area contributed by atoms with Crippen LogP contribution in [0.1, 0.15) is 28.1 Å². The molecule has 0 aliphatic heterocycles. The van der Waals surface area contributed by atoms with Crippen LogP contribution < -0.4 is 9.62 Å². The molecule has 0 atom stereocenters. The molecule has 2 aromatic carbocycles. The highest BCUT2D eigenvalue weighted by atomic mass is 32.2. The van der Waals surface area contributed by atoms with Crippen LogP contribution in [0.2, 0.25) is 0 Å². The van der Waals surface area contributed by atoms with Gasteiger partial charge in [0, 0.05) is 18.5 Å². The molecule has 158 valence electrons. The van der Waals surface area contributed by atoms with Gasteiger partial charge in [-0.3, -0.25) is 9.10 Å². The Labute approximate surface area is 175 Å². The van der Waals surface area contributed by atoms with Gasteiger partial charge in [0.25, 0.3) is 5.91 Å². The number of rotatable bonds is 9. The number of aryl methyl sites for hydroxylation is 1. The molecule has 0 aliphatic carbocycles. The summed E-state index contributed by atoms with van der Waals surface area (Å²) in [6.45, 7) is 0.473. The number of hydrogen-bond donors (Lipinski definition) is 1. The second kappa shape index (κ2) is 9.58. The van der Waals surface area contributed by atoms with Crippen molar-refractivity contribution in [3.05, 3.63) is 89.6 Å². The number of carbonyl (C=O) groups excluding carboxylic acids is 1. The second-order valence-electron chi connectivity index (χ2n) is 6.86. The first kappa shape index (κ1) is 21.6. The Kier molecular flexibility index (Phi) is 6.89. The third-order valence-electron chi connectivity index (χ3n) is 4.53. The van der Waals surface area contributed by atoms with Gasteiger partial charge in [0.15, 0.2) is 0 Å². The lowest BCUT2D eigenvalue weighted by Gasteiger charge is -2.23. The van der Waals surface area contributed by atoms with Gasteiger partial charge in [-0.25, -0.2) is 12.8 Å². The van der Waals surface area contributed by atoms with Gasteiger partial charge < -0.3 is 9.73 Å². The average Bonchev–Trinajstić information content (AvgIpc) is 3.23. The summed E-state index contributed by atoms with van der Waals surface area (Å²) < 4.78 is 44.7. The standard InChI is InChI=1S/C22H23FN2O4S/c1-30(27,28)25(21-9-3-2-8-20(21)23)16-17-10-12-18(13-11-17)22(26)24-14-4-6-19-7-5-15-29-19/h2-3,5,7-13,15H,4,6,14,16H2,1H3,(H,24,26). The molecule has 1 N–H and O–H groups in total. The number of hydrogen-bond acceptors (Lipinski definition) is 4. The zero-order valence-electron chi connectivity index (χ0n) is 16.5. The van der Waals surface area contributed by atoms with Gasteiger partial charge >= 0.3 is 0 Å². The van der Waals surface area contributed by atoms with E-state index in [0.717, 1.165) is 29.2 Å². The molecule has 0 spiro atoms. The molecule has 0 radical (unpaired) electrons. The van der Waals surface area contributed by atoms with Crippen LogP contribution in [0.25, 0.3) is 0 Å². The number of nitrogens with one attached hydrogen (secondary N) is 1.